The van der Waals surface area contributed by atoms with Crippen molar-refractivity contribution in [1.82, 2.24) is 50.4 Å². The zero-order valence-corrected chi connectivity index (χ0v) is 73.3. The summed E-state index contributed by atoms with van der Waals surface area (Å²) in [5.41, 5.74) is 8.06. The Hall–Kier alpha value is -9.26. The van der Waals surface area contributed by atoms with E-state index in [0.29, 0.717) is 81.1 Å². The second kappa shape index (κ2) is 57.2. The van der Waals surface area contributed by atoms with Crippen LogP contribution in [0.5, 0.6) is 0 Å². The summed E-state index contributed by atoms with van der Waals surface area (Å²) >= 11 is 0. The Morgan fingerprint density at radius 2 is 0.727 bits per heavy atom. The summed E-state index contributed by atoms with van der Waals surface area (Å²) in [5.74, 6) is -5.33. The highest BCUT2D eigenvalue weighted by Crippen LogP contribution is 2.32. The molecule has 2 saturated carbocycles. The van der Waals surface area contributed by atoms with E-state index < -0.39 is 41.8 Å². The minimum absolute atomic E-state index is 0.00186. The van der Waals surface area contributed by atoms with Gasteiger partial charge in [-0.25, -0.2) is 4.79 Å². The zero-order valence-electron chi connectivity index (χ0n) is 73.3. The van der Waals surface area contributed by atoms with Crippen molar-refractivity contribution in [3.8, 4) is 0 Å². The Balaban J connectivity index is 0.000000555. The second-order valence-corrected chi connectivity index (χ2v) is 32.4. The molecule has 0 spiro atoms. The number of benzene rings is 2. The van der Waals surface area contributed by atoms with Crippen molar-refractivity contribution in [2.45, 2.75) is 265 Å². The molecule has 2 aliphatic carbocycles. The number of carbonyl (C=O) groups is 18. The van der Waals surface area contributed by atoms with Gasteiger partial charge in [-0.3, -0.25) is 111 Å². The topological polar surface area (TPSA) is 466 Å². The van der Waals surface area contributed by atoms with Crippen LogP contribution in [0.25, 0.3) is 0 Å². The summed E-state index contributed by atoms with van der Waals surface area (Å²) in [5, 5.41) is 32.0. The van der Waals surface area contributed by atoms with Crippen LogP contribution in [0, 0.1) is 0 Å². The van der Waals surface area contributed by atoms with E-state index in [-0.39, 0.29) is 222 Å². The molecule has 34 heteroatoms. The quantitative estimate of drug-likeness (QED) is 0.0328. The zero-order chi connectivity index (χ0) is 90.4. The standard InChI is InChI=1S/C41H64N6O9.C39H55N5O10.C7H16N2O2/c1-28(48)22-45(23-29(2)49)35(27-47(26-32(5)52)38-13-8-7-12-37(38)46(24-30(3)50)25-31(4)51)21-33-14-16-34(17-15-33)44-40(54)19-18-39(53)43-20-10-9-11-36(42-6)41(55)56;1-26(45)20-41(21-27(2)46)33(25-43(24-30(5)49)35-10-7-6-9-34(35)42(22-28(3)47)23-29(4)48)19-31-13-15-32(16-14-31)40-36(50)11-8-12-39(53)54-44-37(51)17-18-38(44)52;1-9-6(7(10)11)4-2-3-5-8/h14-17,35-38,42H,7-13,18-27H2,1-6H3,(H,43,53)(H,44,54)(H,55,56);13-16,33-35H,6-12,17-25H2,1-5H3,(H,40,50);6,9H,2-5,8H2,1H3,(H,10,11)/t35-,36?,37+,38+;33-,34+,35+;/m11./s1. The number of carbonyl (C=O) groups excluding carboxylic acids is 16. The molecule has 674 valence electrons. The molecule has 2 aromatic carbocycles. The fourth-order valence-electron chi connectivity index (χ4n) is 15.7. The average molecular weight is 1700 g/mol. The van der Waals surface area contributed by atoms with Crippen LogP contribution >= 0.6 is 0 Å². The van der Waals surface area contributed by atoms with Gasteiger partial charge >= 0.3 is 17.9 Å². The van der Waals surface area contributed by atoms with Crippen LogP contribution in [0.1, 0.15) is 215 Å². The first-order valence-electron chi connectivity index (χ1n) is 42.2. The largest absolute Gasteiger partial charge is 0.480 e. The number of imide groups is 1. The maximum absolute atomic E-state index is 12.8. The van der Waals surface area contributed by atoms with Crippen LogP contribution in [-0.4, -0.2) is 304 Å². The molecule has 3 aliphatic rings. The molecule has 1 heterocycles. The Bertz CT molecular complexity index is 3700. The molecule has 9 N–H and O–H groups in total. The first-order valence-corrected chi connectivity index (χ1v) is 42.2. The van der Waals surface area contributed by atoms with Gasteiger partial charge in [0.2, 0.25) is 17.7 Å². The van der Waals surface area contributed by atoms with E-state index in [2.05, 4.69) is 36.4 Å². The number of aliphatic carboxylic acids is 2. The SMILES string of the molecule is CC(=O)CN(CC(C)=O)[C@H](Cc1ccc(NC(=O)CCCC(=O)ON2C(=O)CCC2=O)cc1)CN(CC(C)=O)[C@H]1CCCC[C@@H]1N(CC(C)=O)CC(C)=O.CNC(CCCCN)C(=O)O.CNC(CCCCNC(=O)CCC(=O)Nc1ccc(C[C@H](CN(CC(C)=O)[C@H]2CCCC[C@@H]2N(CC(C)=O)CC(C)=O)N(CC(C)=O)CC(C)=O)cc1)C(=O)O. The Morgan fingerprint density at radius 3 is 1.05 bits per heavy atom. The number of Topliss-reactive ketones (excluding diaryl/α,β-unsaturated/α-hetero) is 10. The molecule has 8 atom stereocenters. The van der Waals surface area contributed by atoms with Crippen molar-refractivity contribution in [3.05, 3.63) is 59.7 Å². The molecule has 2 aromatic rings. The van der Waals surface area contributed by atoms with Gasteiger partial charge in [0.15, 0.2) is 0 Å². The van der Waals surface area contributed by atoms with Gasteiger partial charge in [-0.1, -0.05) is 56.4 Å². The number of carboxylic acids is 2. The van der Waals surface area contributed by atoms with Crippen LogP contribution in [0.3, 0.4) is 0 Å². The minimum Gasteiger partial charge on any atom is -0.480 e. The van der Waals surface area contributed by atoms with E-state index in [4.69, 9.17) is 20.8 Å². The van der Waals surface area contributed by atoms with Gasteiger partial charge in [-0.2, -0.15) is 0 Å². The molecule has 0 aromatic heterocycles. The van der Waals surface area contributed by atoms with E-state index >= 15 is 0 Å². The first-order chi connectivity index (χ1) is 57.2. The van der Waals surface area contributed by atoms with Crippen LogP contribution in [-0.2, 0) is 104 Å². The highest BCUT2D eigenvalue weighted by Gasteiger charge is 2.40. The van der Waals surface area contributed by atoms with Gasteiger partial charge < -0.3 is 47.4 Å². The summed E-state index contributed by atoms with van der Waals surface area (Å²) in [6.07, 6.45) is 11.6. The molecule has 1 aliphatic heterocycles. The molecular weight excluding hydrogens is 1560 g/mol. The van der Waals surface area contributed by atoms with Gasteiger partial charge in [0.1, 0.15) is 69.9 Å². The van der Waals surface area contributed by atoms with E-state index in [1.54, 1.807) is 38.4 Å². The highest BCUT2D eigenvalue weighted by molar-refractivity contribution is 6.01. The van der Waals surface area contributed by atoms with Crippen molar-refractivity contribution in [1.29, 1.82) is 0 Å². The molecule has 34 nitrogen and oxygen atoms in total. The number of amides is 5. The van der Waals surface area contributed by atoms with Crippen molar-refractivity contribution in [2.75, 3.05) is 116 Å². The average Bonchev–Trinajstić information content (AvgIpc) is 1.15. The number of hydroxylamine groups is 2. The maximum Gasteiger partial charge on any atom is 0.333 e. The predicted molar refractivity (Wildman–Crippen MR) is 454 cm³/mol. The molecule has 3 fully saturated rings. The normalized spacial score (nSPS) is 16.9. The highest BCUT2D eigenvalue weighted by atomic mass is 16.7. The molecule has 1 saturated heterocycles. The molecule has 121 heavy (non-hydrogen) atoms. The van der Waals surface area contributed by atoms with Gasteiger partial charge in [-0.05, 0) is 202 Å². The van der Waals surface area contributed by atoms with Crippen LogP contribution < -0.4 is 32.3 Å². The van der Waals surface area contributed by atoms with Crippen LogP contribution in [0.15, 0.2) is 48.5 Å². The van der Waals surface area contributed by atoms with Crippen molar-refractivity contribution < 1.29 is 101 Å². The Kier molecular flexibility index (Phi) is 50.0. The fourth-order valence-corrected chi connectivity index (χ4v) is 15.7. The minimum atomic E-state index is -0.915. The lowest BCUT2D eigenvalue weighted by Crippen LogP contribution is -2.59. The monoisotopic (exact) mass is 1700 g/mol. The number of unbranched alkanes of at least 4 members (excludes halogenated alkanes) is 2. The third-order valence-electron chi connectivity index (χ3n) is 20.9. The third-order valence-corrected chi connectivity index (χ3v) is 20.9. The van der Waals surface area contributed by atoms with E-state index in [1.807, 2.05) is 43.9 Å². The van der Waals surface area contributed by atoms with Gasteiger partial charge in [0.05, 0.1) is 65.4 Å². The van der Waals surface area contributed by atoms with E-state index in [1.165, 1.54) is 69.2 Å². The maximum atomic E-state index is 12.8. The smallest absolute Gasteiger partial charge is 0.333 e. The lowest BCUT2D eigenvalue weighted by atomic mass is 9.86. The van der Waals surface area contributed by atoms with E-state index in [9.17, 15) is 86.3 Å². The number of anilines is 2. The number of nitrogens with zero attached hydrogens (tertiary/aromatic N) is 7. The van der Waals surface area contributed by atoms with E-state index in [0.717, 1.165) is 75.3 Å². The number of likely N-dealkylation sites (N-methyl/N-ethyl adjacent to an activating group) is 2. The molecule has 5 rings (SSSR count). The third kappa shape index (κ3) is 43.4. The van der Waals surface area contributed by atoms with Gasteiger partial charge in [0, 0.05) is 106 Å². The summed E-state index contributed by atoms with van der Waals surface area (Å²) in [6.45, 7) is 17.5. The number of hydrogen-bond donors (Lipinski definition) is 8. The summed E-state index contributed by atoms with van der Waals surface area (Å²) in [7, 11) is 3.24. The van der Waals surface area contributed by atoms with Gasteiger partial charge in [0.25, 0.3) is 11.8 Å². The summed E-state index contributed by atoms with van der Waals surface area (Å²) in [6, 6.07) is 12.0. The fraction of sp³-hybridized carbons (Fsp3) is 0.655. The number of nitrogens with one attached hydrogen (secondary N) is 5. The van der Waals surface area contributed by atoms with Crippen LogP contribution in [0.4, 0.5) is 11.4 Å². The van der Waals surface area contributed by atoms with Crippen molar-refractivity contribution in [3.63, 3.8) is 0 Å². The molecule has 0 bridgehead atoms. The van der Waals surface area contributed by atoms with Gasteiger partial charge in [-0.15, -0.1) is 5.06 Å². The second-order valence-electron chi connectivity index (χ2n) is 32.4. The number of carboxylic acid groups (broad SMARTS) is 2. The lowest BCUT2D eigenvalue weighted by molar-refractivity contribution is -0.197. The Morgan fingerprint density at radius 1 is 0.413 bits per heavy atom. The van der Waals surface area contributed by atoms with Crippen LogP contribution in [0.2, 0.25) is 0 Å². The molecule has 0 radical (unpaired) electrons. The number of ketones is 10. The lowest BCUT2D eigenvalue weighted by Gasteiger charge is -2.46. The number of nitrogens with two attached hydrogens (primary N) is 1. The first kappa shape index (κ1) is 106. The van der Waals surface area contributed by atoms with Crippen molar-refractivity contribution >= 4 is 117 Å². The molecule has 5 amide bonds. The molecule has 2 unspecified atom stereocenters. The number of hydrogen-bond acceptors (Lipinski definition) is 28. The summed E-state index contributed by atoms with van der Waals surface area (Å²) in [4.78, 5) is 236. The number of rotatable bonds is 57. The molecular formula is C87H135N13O21. The Labute approximate surface area is 712 Å². The van der Waals surface area contributed by atoms with Crippen molar-refractivity contribution in [2.24, 2.45) is 5.73 Å². The summed E-state index contributed by atoms with van der Waals surface area (Å²) < 4.78 is 0. The predicted octanol–water partition coefficient (Wildman–Crippen LogP) is 4.70.